The van der Waals surface area contributed by atoms with Crippen LogP contribution in [0.15, 0.2) is 30.3 Å². The fourth-order valence-corrected chi connectivity index (χ4v) is 4.82. The van der Waals surface area contributed by atoms with E-state index in [-0.39, 0.29) is 16.3 Å². The lowest BCUT2D eigenvalue weighted by atomic mass is 10.1. The van der Waals surface area contributed by atoms with E-state index in [1.165, 1.54) is 4.90 Å². The average Bonchev–Trinajstić information content (AvgIpc) is 3.07. The van der Waals surface area contributed by atoms with Crippen molar-refractivity contribution in [1.82, 2.24) is 4.90 Å². The standard InChI is InChI=1S/C17H20N2O2S/c1-14(17(21)16(11-18)22-9-5-6-10-22)19(13-20)12-15-7-3-2-4-8-15/h2-4,7-8,13-14H,5-6,9-10,12H2,1H3. The van der Waals surface area contributed by atoms with Crippen molar-refractivity contribution in [3.05, 3.63) is 35.9 Å². The number of benzene rings is 1. The van der Waals surface area contributed by atoms with E-state index in [1.54, 1.807) is 6.92 Å². The molecule has 0 bridgehead atoms. The molecule has 1 fully saturated rings. The Morgan fingerprint density at radius 3 is 2.55 bits per heavy atom. The maximum absolute atomic E-state index is 12.6. The quantitative estimate of drug-likeness (QED) is 0.598. The smallest absolute Gasteiger partial charge is 0.210 e. The summed E-state index contributed by atoms with van der Waals surface area (Å²) in [5, 5.41) is 9.34. The number of ketones is 1. The first-order valence-electron chi connectivity index (χ1n) is 7.41. The summed E-state index contributed by atoms with van der Waals surface area (Å²) in [5.41, 5.74) is 0.969. The van der Waals surface area contributed by atoms with Gasteiger partial charge in [-0.1, -0.05) is 30.3 Å². The second-order valence-corrected chi connectivity index (χ2v) is 7.56. The Labute approximate surface area is 133 Å². The van der Waals surface area contributed by atoms with E-state index < -0.39 is 6.04 Å². The fraction of sp³-hybridized carbons (Fsp3) is 0.412. The molecule has 1 saturated heterocycles. The molecule has 1 aliphatic heterocycles. The van der Waals surface area contributed by atoms with Gasteiger partial charge in [0.25, 0.3) is 0 Å². The molecule has 4 nitrogen and oxygen atoms in total. The topological polar surface area (TPSA) is 61.2 Å². The number of hydrogen-bond donors (Lipinski definition) is 0. The maximum Gasteiger partial charge on any atom is 0.210 e. The third-order valence-electron chi connectivity index (χ3n) is 3.87. The molecule has 1 aromatic carbocycles. The third-order valence-corrected chi connectivity index (χ3v) is 6.30. The second-order valence-electron chi connectivity index (χ2n) is 5.35. The summed E-state index contributed by atoms with van der Waals surface area (Å²) in [6.07, 6.45) is 2.86. The van der Waals surface area contributed by atoms with Crippen molar-refractivity contribution < 1.29 is 9.59 Å². The van der Waals surface area contributed by atoms with Crippen molar-refractivity contribution >= 4 is 27.5 Å². The van der Waals surface area contributed by atoms with Gasteiger partial charge in [-0.2, -0.15) is 15.7 Å². The highest BCUT2D eigenvalue weighted by molar-refractivity contribution is 8.17. The van der Waals surface area contributed by atoms with Crippen LogP contribution in [0, 0.1) is 11.3 Å². The molecule has 0 radical (unpaired) electrons. The van der Waals surface area contributed by atoms with Crippen LogP contribution in [0.25, 0.3) is 0 Å². The van der Waals surface area contributed by atoms with Crippen LogP contribution in [0.2, 0.25) is 0 Å². The molecule has 0 aliphatic carbocycles. The minimum absolute atomic E-state index is 0.198. The first-order valence-corrected chi connectivity index (χ1v) is 8.97. The number of carbonyl (C=O) groups excluding carboxylic acids is 2. The molecule has 0 aromatic heterocycles. The molecule has 2 rings (SSSR count). The monoisotopic (exact) mass is 316 g/mol. The predicted molar refractivity (Wildman–Crippen MR) is 89.7 cm³/mol. The molecular formula is C17H20N2O2S. The molecule has 1 aromatic rings. The van der Waals surface area contributed by atoms with Gasteiger partial charge in [0.1, 0.15) is 10.9 Å². The lowest BCUT2D eigenvalue weighted by Gasteiger charge is -2.24. The van der Waals surface area contributed by atoms with E-state index >= 15 is 0 Å². The maximum atomic E-state index is 12.6. The van der Waals surface area contributed by atoms with Crippen LogP contribution in [-0.4, -0.2) is 39.5 Å². The molecule has 5 heteroatoms. The van der Waals surface area contributed by atoms with Gasteiger partial charge in [0.05, 0.1) is 6.04 Å². The lowest BCUT2D eigenvalue weighted by Crippen LogP contribution is -2.40. The van der Waals surface area contributed by atoms with Gasteiger partial charge >= 0.3 is 0 Å². The first kappa shape index (κ1) is 16.4. The number of carbonyl (C=O) groups is 2. The minimum atomic E-state index is -0.597. The molecule has 0 spiro atoms. The molecule has 1 unspecified atom stereocenters. The van der Waals surface area contributed by atoms with Gasteiger partial charge in [0.2, 0.25) is 12.2 Å². The number of hydrogen-bond acceptors (Lipinski definition) is 3. The molecular weight excluding hydrogens is 296 g/mol. The van der Waals surface area contributed by atoms with Crippen LogP contribution in [-0.2, 0) is 16.1 Å². The third kappa shape index (κ3) is 3.83. The van der Waals surface area contributed by atoms with Crippen molar-refractivity contribution in [2.24, 2.45) is 0 Å². The highest BCUT2D eigenvalue weighted by Gasteiger charge is 2.26. The minimum Gasteiger partial charge on any atom is -0.331 e. The molecule has 1 amide bonds. The van der Waals surface area contributed by atoms with E-state index in [4.69, 9.17) is 0 Å². The number of Topliss-reactive ketones (excluding diaryl/α,β-unsaturated/α-hetero) is 1. The number of amides is 1. The Morgan fingerprint density at radius 1 is 1.36 bits per heavy atom. The molecule has 1 heterocycles. The zero-order valence-corrected chi connectivity index (χ0v) is 13.5. The van der Waals surface area contributed by atoms with Crippen LogP contribution < -0.4 is 0 Å². The zero-order valence-electron chi connectivity index (χ0n) is 12.7. The molecule has 116 valence electrons. The van der Waals surface area contributed by atoms with Crippen molar-refractivity contribution in [3.63, 3.8) is 0 Å². The molecule has 0 N–H and O–H groups in total. The van der Waals surface area contributed by atoms with E-state index in [0.29, 0.717) is 17.8 Å². The van der Waals surface area contributed by atoms with Crippen LogP contribution in [0.1, 0.15) is 25.3 Å². The van der Waals surface area contributed by atoms with Gasteiger partial charge in [0.15, 0.2) is 0 Å². The van der Waals surface area contributed by atoms with Gasteiger partial charge in [-0.05, 0) is 36.8 Å². The number of rotatable bonds is 6. The molecule has 22 heavy (non-hydrogen) atoms. The van der Waals surface area contributed by atoms with Crippen LogP contribution in [0.5, 0.6) is 0 Å². The summed E-state index contributed by atoms with van der Waals surface area (Å²) in [6, 6.07) is 11.1. The van der Waals surface area contributed by atoms with Crippen molar-refractivity contribution in [1.29, 1.82) is 5.26 Å². The predicted octanol–water partition coefficient (Wildman–Crippen LogP) is 2.36. The Balaban J connectivity index is 2.15. The summed E-state index contributed by atoms with van der Waals surface area (Å²) in [7, 11) is -0.217. The van der Waals surface area contributed by atoms with Crippen molar-refractivity contribution in [2.45, 2.75) is 32.4 Å². The van der Waals surface area contributed by atoms with Gasteiger partial charge < -0.3 is 4.90 Å². The highest BCUT2D eigenvalue weighted by Crippen LogP contribution is 2.27. The van der Waals surface area contributed by atoms with Gasteiger partial charge in [-0.15, -0.1) is 0 Å². The molecule has 0 saturated carbocycles. The van der Waals surface area contributed by atoms with Crippen molar-refractivity contribution in [2.75, 3.05) is 11.5 Å². The average molecular weight is 316 g/mol. The van der Waals surface area contributed by atoms with E-state index in [1.807, 2.05) is 30.3 Å². The Kier molecular flexibility index (Phi) is 5.91. The number of nitriles is 1. The summed E-state index contributed by atoms with van der Waals surface area (Å²) in [5.74, 6) is 1.66. The van der Waals surface area contributed by atoms with Gasteiger partial charge in [-0.3, -0.25) is 9.59 Å². The van der Waals surface area contributed by atoms with E-state index in [9.17, 15) is 14.9 Å². The Bertz CT molecular complexity index is 611. The fourth-order valence-electron chi connectivity index (χ4n) is 2.52. The van der Waals surface area contributed by atoms with Crippen molar-refractivity contribution in [3.8, 4) is 6.07 Å². The Hall–Kier alpha value is -1.93. The van der Waals surface area contributed by atoms with Crippen LogP contribution in [0.4, 0.5) is 0 Å². The lowest BCUT2D eigenvalue weighted by molar-refractivity contribution is -0.127. The largest absolute Gasteiger partial charge is 0.331 e. The summed E-state index contributed by atoms with van der Waals surface area (Å²) < 4.78 is 0. The summed E-state index contributed by atoms with van der Waals surface area (Å²) >= 11 is 0. The second kappa shape index (κ2) is 7.90. The van der Waals surface area contributed by atoms with E-state index in [0.717, 1.165) is 29.9 Å². The van der Waals surface area contributed by atoms with Crippen LogP contribution in [0.3, 0.4) is 0 Å². The van der Waals surface area contributed by atoms with Gasteiger partial charge in [-0.25, -0.2) is 0 Å². The summed E-state index contributed by atoms with van der Waals surface area (Å²) in [6.45, 7) is 2.08. The highest BCUT2D eigenvalue weighted by atomic mass is 32.2. The number of nitrogens with zero attached hydrogens (tertiary/aromatic N) is 2. The Morgan fingerprint density at radius 2 is 2.00 bits per heavy atom. The van der Waals surface area contributed by atoms with Crippen LogP contribution >= 0.6 is 10.5 Å². The molecule has 1 atom stereocenters. The molecule has 1 aliphatic rings. The summed E-state index contributed by atoms with van der Waals surface area (Å²) in [4.78, 5) is 25.8. The van der Waals surface area contributed by atoms with E-state index in [2.05, 4.69) is 6.07 Å². The van der Waals surface area contributed by atoms with Gasteiger partial charge in [0, 0.05) is 6.54 Å². The first-order chi connectivity index (χ1) is 10.7. The SMILES string of the molecule is CC(C(=O)C(C#N)=S1CCCC1)N(C=O)Cc1ccccc1. The zero-order chi connectivity index (χ0) is 15.9. The normalized spacial score (nSPS) is 15.8.